The van der Waals surface area contributed by atoms with Crippen molar-refractivity contribution in [1.82, 2.24) is 0 Å². The Balaban J connectivity index is 0.000000462. The van der Waals surface area contributed by atoms with Gasteiger partial charge in [0.2, 0.25) is 0 Å². The van der Waals surface area contributed by atoms with Crippen LogP contribution in [0.1, 0.15) is 155 Å². The lowest BCUT2D eigenvalue weighted by Gasteiger charge is -2.33. The summed E-state index contributed by atoms with van der Waals surface area (Å²) in [6.07, 6.45) is 29.1. The first-order chi connectivity index (χ1) is 22.6. The molecule has 4 N–H and O–H groups in total. The molecule has 272 valence electrons. The van der Waals surface area contributed by atoms with Crippen LogP contribution in [0, 0.1) is 0 Å². The Bertz CT molecular complexity index is 749. The van der Waals surface area contributed by atoms with Gasteiger partial charge in [0.25, 0.3) is 0 Å². The van der Waals surface area contributed by atoms with Crippen LogP contribution in [0.4, 0.5) is 0 Å². The van der Waals surface area contributed by atoms with E-state index in [9.17, 15) is 20.4 Å². The minimum atomic E-state index is 0.177. The number of aliphatic hydroxyl groups is 4. The Kier molecular flexibility index (Phi) is 27.2. The molecule has 8 heteroatoms. The highest BCUT2D eigenvalue weighted by molar-refractivity contribution is 5.77. The SMILES string of the molecule is CCCCCCCCCCCC1=NCC[N+]1(CCO)CCO.CCCCCCCCCCCCCC1=NCC[N+]1(CCO)CCO. The number of unbranched alkanes of at least 4 members (excludes halogenated alkanes) is 18. The lowest BCUT2D eigenvalue weighted by molar-refractivity contribution is -0.837. The number of rotatable bonds is 30. The predicted molar refractivity (Wildman–Crippen MR) is 196 cm³/mol. The highest BCUT2D eigenvalue weighted by Gasteiger charge is 2.37. The molecular formula is C38H78N4O4+2. The summed E-state index contributed by atoms with van der Waals surface area (Å²) in [5.41, 5.74) is 0. The number of aliphatic imine (C=N–C) groups is 2. The van der Waals surface area contributed by atoms with Crippen molar-refractivity contribution in [3.63, 3.8) is 0 Å². The van der Waals surface area contributed by atoms with Crippen LogP contribution in [0.2, 0.25) is 0 Å². The fraction of sp³-hybridized carbons (Fsp3) is 0.947. The Morgan fingerprint density at radius 3 is 0.935 bits per heavy atom. The molecule has 2 aliphatic heterocycles. The van der Waals surface area contributed by atoms with Gasteiger partial charge < -0.3 is 20.4 Å². The number of hydrogen-bond donors (Lipinski definition) is 4. The summed E-state index contributed by atoms with van der Waals surface area (Å²) in [5.74, 6) is 2.43. The van der Waals surface area contributed by atoms with Crippen LogP contribution in [0.3, 0.4) is 0 Å². The zero-order valence-electron chi connectivity index (χ0n) is 30.6. The molecule has 0 aromatic heterocycles. The molecule has 0 bridgehead atoms. The molecule has 0 fully saturated rings. The molecule has 46 heavy (non-hydrogen) atoms. The van der Waals surface area contributed by atoms with Crippen molar-refractivity contribution in [2.45, 2.75) is 155 Å². The summed E-state index contributed by atoms with van der Waals surface area (Å²) in [6, 6.07) is 0. The summed E-state index contributed by atoms with van der Waals surface area (Å²) >= 11 is 0. The van der Waals surface area contributed by atoms with E-state index in [4.69, 9.17) is 0 Å². The molecule has 8 nitrogen and oxygen atoms in total. The molecule has 0 saturated heterocycles. The third-order valence-electron chi connectivity index (χ3n) is 10.4. The van der Waals surface area contributed by atoms with E-state index >= 15 is 0 Å². The smallest absolute Gasteiger partial charge is 0.198 e. The van der Waals surface area contributed by atoms with Gasteiger partial charge in [-0.05, 0) is 12.8 Å². The fourth-order valence-electron chi connectivity index (χ4n) is 7.43. The van der Waals surface area contributed by atoms with E-state index in [1.165, 1.54) is 140 Å². The third kappa shape index (κ3) is 18.0. The van der Waals surface area contributed by atoms with Gasteiger partial charge in [-0.15, -0.1) is 0 Å². The fourth-order valence-corrected chi connectivity index (χ4v) is 7.43. The summed E-state index contributed by atoms with van der Waals surface area (Å²) in [7, 11) is 0. The van der Waals surface area contributed by atoms with Crippen LogP contribution in [0.15, 0.2) is 9.98 Å². The molecule has 0 radical (unpaired) electrons. The van der Waals surface area contributed by atoms with Gasteiger partial charge in [0, 0.05) is 12.8 Å². The average Bonchev–Trinajstić information content (AvgIpc) is 3.63. The summed E-state index contributed by atoms with van der Waals surface area (Å²) < 4.78 is 1.45. The topological polar surface area (TPSA) is 106 Å². The maximum absolute atomic E-state index is 9.34. The number of hydrogen-bond acceptors (Lipinski definition) is 6. The van der Waals surface area contributed by atoms with Crippen molar-refractivity contribution in [3.8, 4) is 0 Å². The van der Waals surface area contributed by atoms with E-state index in [-0.39, 0.29) is 26.4 Å². The number of aliphatic hydroxyl groups excluding tert-OH is 4. The number of quaternary nitrogens is 2. The molecule has 2 heterocycles. The maximum Gasteiger partial charge on any atom is 0.198 e. The quantitative estimate of drug-likeness (QED) is 0.0493. The van der Waals surface area contributed by atoms with Crippen LogP contribution in [-0.2, 0) is 0 Å². The van der Waals surface area contributed by atoms with Crippen molar-refractivity contribution in [2.24, 2.45) is 9.98 Å². The molecule has 0 aromatic rings. The number of nitrogens with zero attached hydrogens (tertiary/aromatic N) is 4. The van der Waals surface area contributed by atoms with E-state index in [2.05, 4.69) is 23.8 Å². The zero-order chi connectivity index (χ0) is 33.6. The minimum Gasteiger partial charge on any atom is -0.390 e. The monoisotopic (exact) mass is 655 g/mol. The van der Waals surface area contributed by atoms with Gasteiger partial charge in [-0.25, -0.2) is 9.98 Å². The molecule has 0 aliphatic carbocycles. The number of amidine groups is 2. The van der Waals surface area contributed by atoms with Gasteiger partial charge in [-0.2, -0.15) is 0 Å². The van der Waals surface area contributed by atoms with Gasteiger partial charge in [0.15, 0.2) is 11.7 Å². The molecular weight excluding hydrogens is 576 g/mol. The Hall–Kier alpha value is -0.900. The second kappa shape index (κ2) is 29.1. The van der Waals surface area contributed by atoms with Crippen molar-refractivity contribution in [3.05, 3.63) is 0 Å². The summed E-state index contributed by atoms with van der Waals surface area (Å²) in [5, 5.41) is 37.3. The van der Waals surface area contributed by atoms with Gasteiger partial charge >= 0.3 is 0 Å². The highest BCUT2D eigenvalue weighted by Crippen LogP contribution is 2.21. The van der Waals surface area contributed by atoms with Crippen LogP contribution in [-0.4, -0.2) is 120 Å². The largest absolute Gasteiger partial charge is 0.390 e. The second-order valence-electron chi connectivity index (χ2n) is 14.0. The van der Waals surface area contributed by atoms with Gasteiger partial charge in [-0.3, -0.25) is 8.97 Å². The Morgan fingerprint density at radius 2 is 0.674 bits per heavy atom. The van der Waals surface area contributed by atoms with Crippen molar-refractivity contribution in [1.29, 1.82) is 0 Å². The molecule has 0 amide bonds. The lowest BCUT2D eigenvalue weighted by Crippen LogP contribution is -2.54. The maximum atomic E-state index is 9.34. The standard InChI is InChI=1S/C20H41N2O2.C18H37N2O2/c1-2-3-4-5-6-7-8-9-10-11-12-13-20-21-14-15-22(20,16-18-23)17-19-24;1-2-3-4-5-6-7-8-9-10-11-18-19-12-13-20(18,14-16-21)15-17-22/h23-24H,2-19H2,1H3;21-22H,2-17H2,1H3/q2*+1. The zero-order valence-corrected chi connectivity index (χ0v) is 30.6. The minimum absolute atomic E-state index is 0.177. The molecule has 0 spiro atoms. The molecule has 2 aliphatic rings. The second-order valence-corrected chi connectivity index (χ2v) is 14.0. The first-order valence-electron chi connectivity index (χ1n) is 19.8. The first-order valence-corrected chi connectivity index (χ1v) is 19.8. The normalized spacial score (nSPS) is 16.7. The highest BCUT2D eigenvalue weighted by atomic mass is 16.3. The van der Waals surface area contributed by atoms with Crippen LogP contribution in [0.5, 0.6) is 0 Å². The predicted octanol–water partition coefficient (Wildman–Crippen LogP) is 7.02. The Labute approximate surface area is 284 Å². The summed E-state index contributed by atoms with van der Waals surface area (Å²) in [4.78, 5) is 9.34. The average molecular weight is 655 g/mol. The van der Waals surface area contributed by atoms with E-state index in [0.717, 1.165) is 48.0 Å². The summed E-state index contributed by atoms with van der Waals surface area (Å²) in [6.45, 7) is 11.7. The molecule has 0 aromatic carbocycles. The third-order valence-corrected chi connectivity index (χ3v) is 10.4. The van der Waals surface area contributed by atoms with Crippen LogP contribution < -0.4 is 0 Å². The van der Waals surface area contributed by atoms with Crippen LogP contribution in [0.25, 0.3) is 0 Å². The first kappa shape index (κ1) is 43.1. The molecule has 2 rings (SSSR count). The van der Waals surface area contributed by atoms with Crippen molar-refractivity contribution < 1.29 is 29.4 Å². The van der Waals surface area contributed by atoms with Crippen molar-refractivity contribution in [2.75, 3.05) is 78.8 Å². The van der Waals surface area contributed by atoms with Crippen molar-refractivity contribution >= 4 is 11.7 Å². The molecule has 0 saturated carbocycles. The lowest BCUT2D eigenvalue weighted by atomic mass is 10.0. The van der Waals surface area contributed by atoms with Gasteiger partial charge in [0.05, 0.1) is 39.5 Å². The molecule has 0 atom stereocenters. The van der Waals surface area contributed by atoms with Gasteiger partial charge in [0.1, 0.15) is 39.3 Å². The van der Waals surface area contributed by atoms with E-state index in [0.29, 0.717) is 26.2 Å². The van der Waals surface area contributed by atoms with E-state index in [1.54, 1.807) is 0 Å². The van der Waals surface area contributed by atoms with Gasteiger partial charge in [-0.1, -0.05) is 129 Å². The van der Waals surface area contributed by atoms with E-state index in [1.807, 2.05) is 0 Å². The molecule has 0 unspecified atom stereocenters. The Morgan fingerprint density at radius 1 is 0.413 bits per heavy atom. The van der Waals surface area contributed by atoms with Crippen LogP contribution >= 0.6 is 0 Å². The van der Waals surface area contributed by atoms with E-state index < -0.39 is 0 Å².